The zero-order chi connectivity index (χ0) is 18.2. The summed E-state index contributed by atoms with van der Waals surface area (Å²) in [6, 6.07) is 11.1. The number of ether oxygens (including phenoxy) is 1. The maximum absolute atomic E-state index is 12.2. The molecule has 0 saturated carbocycles. The van der Waals surface area contributed by atoms with Gasteiger partial charge in [-0.25, -0.2) is 5.43 Å². The second kappa shape index (κ2) is 8.79. The lowest BCUT2D eigenvalue weighted by molar-refractivity contribution is -0.384. The van der Waals surface area contributed by atoms with E-state index in [2.05, 4.69) is 10.5 Å². The Morgan fingerprint density at radius 3 is 2.84 bits per heavy atom. The molecule has 8 heteroatoms. The second-order valence-corrected chi connectivity index (χ2v) is 5.42. The summed E-state index contributed by atoms with van der Waals surface area (Å²) in [5.74, 6) is 0.0330. The molecular formula is C17H16ClN3O4. The molecule has 0 bridgehead atoms. The van der Waals surface area contributed by atoms with E-state index in [1.54, 1.807) is 30.3 Å². The van der Waals surface area contributed by atoms with Crippen molar-refractivity contribution in [2.75, 3.05) is 6.61 Å². The Morgan fingerprint density at radius 1 is 1.36 bits per heavy atom. The standard InChI is InChI=1S/C17H16ClN3O4/c1-2-9-25-16-6-4-3-5-13(16)17(22)20-19-11-12-7-8-14(18)15(10-12)21(23)24/h3-8,10-11H,2,9H2,1H3,(H,20,22)/b19-11+. The van der Waals surface area contributed by atoms with E-state index in [9.17, 15) is 14.9 Å². The summed E-state index contributed by atoms with van der Waals surface area (Å²) in [6.45, 7) is 2.47. The summed E-state index contributed by atoms with van der Waals surface area (Å²) in [5.41, 5.74) is 2.94. The smallest absolute Gasteiger partial charge is 0.288 e. The molecule has 0 aliphatic carbocycles. The van der Waals surface area contributed by atoms with Gasteiger partial charge in [0.25, 0.3) is 11.6 Å². The van der Waals surface area contributed by atoms with E-state index >= 15 is 0 Å². The number of benzene rings is 2. The van der Waals surface area contributed by atoms with Crippen LogP contribution in [0.25, 0.3) is 0 Å². The normalized spacial score (nSPS) is 10.6. The van der Waals surface area contributed by atoms with E-state index in [0.717, 1.165) is 6.42 Å². The van der Waals surface area contributed by atoms with E-state index in [0.29, 0.717) is 23.5 Å². The van der Waals surface area contributed by atoms with Crippen molar-refractivity contribution < 1.29 is 14.5 Å². The van der Waals surface area contributed by atoms with Crippen LogP contribution < -0.4 is 10.2 Å². The van der Waals surface area contributed by atoms with Crippen molar-refractivity contribution in [1.29, 1.82) is 0 Å². The molecule has 2 aromatic carbocycles. The van der Waals surface area contributed by atoms with Gasteiger partial charge in [-0.3, -0.25) is 14.9 Å². The third-order valence-electron chi connectivity index (χ3n) is 3.14. The van der Waals surface area contributed by atoms with Crippen LogP contribution in [0.1, 0.15) is 29.3 Å². The number of rotatable bonds is 7. The van der Waals surface area contributed by atoms with E-state index in [4.69, 9.17) is 16.3 Å². The van der Waals surface area contributed by atoms with Gasteiger partial charge in [0, 0.05) is 11.6 Å². The fourth-order valence-electron chi connectivity index (χ4n) is 1.97. The lowest BCUT2D eigenvalue weighted by Crippen LogP contribution is -2.18. The minimum absolute atomic E-state index is 0.0354. The Kier molecular flexibility index (Phi) is 6.47. The molecule has 0 saturated heterocycles. The quantitative estimate of drug-likeness (QED) is 0.461. The molecule has 0 radical (unpaired) electrons. The Morgan fingerprint density at radius 2 is 2.12 bits per heavy atom. The molecule has 0 fully saturated rings. The molecule has 7 nitrogen and oxygen atoms in total. The van der Waals surface area contributed by atoms with Gasteiger partial charge in [0.2, 0.25) is 0 Å². The van der Waals surface area contributed by atoms with Crippen LogP contribution in [-0.4, -0.2) is 23.7 Å². The fraction of sp³-hybridized carbons (Fsp3) is 0.176. The minimum Gasteiger partial charge on any atom is -0.493 e. The average Bonchev–Trinajstić information content (AvgIpc) is 2.61. The number of carbonyl (C=O) groups is 1. The summed E-state index contributed by atoms with van der Waals surface area (Å²) in [4.78, 5) is 22.5. The maximum Gasteiger partial charge on any atom is 0.288 e. The number of carbonyl (C=O) groups excluding carboxylic acids is 1. The third-order valence-corrected chi connectivity index (χ3v) is 3.46. The monoisotopic (exact) mass is 361 g/mol. The Hall–Kier alpha value is -2.93. The first-order valence-corrected chi connectivity index (χ1v) is 7.90. The summed E-state index contributed by atoms with van der Waals surface area (Å²) < 4.78 is 5.52. The number of nitro benzene ring substituents is 1. The van der Waals surface area contributed by atoms with Gasteiger partial charge >= 0.3 is 0 Å². The van der Waals surface area contributed by atoms with Crippen LogP contribution in [0.2, 0.25) is 5.02 Å². The van der Waals surface area contributed by atoms with Crippen molar-refractivity contribution in [3.63, 3.8) is 0 Å². The summed E-state index contributed by atoms with van der Waals surface area (Å²) in [6.07, 6.45) is 2.13. The highest BCUT2D eigenvalue weighted by Gasteiger charge is 2.13. The third kappa shape index (κ3) is 5.02. The SMILES string of the molecule is CCCOc1ccccc1C(=O)N/N=C/c1ccc(Cl)c([N+](=O)[O-])c1. The Bertz CT molecular complexity index is 808. The van der Waals surface area contributed by atoms with E-state index in [1.165, 1.54) is 18.3 Å². The zero-order valence-corrected chi connectivity index (χ0v) is 14.2. The van der Waals surface area contributed by atoms with Gasteiger partial charge in [-0.05, 0) is 24.6 Å². The van der Waals surface area contributed by atoms with Crippen LogP contribution >= 0.6 is 11.6 Å². The van der Waals surface area contributed by atoms with Gasteiger partial charge in [0.15, 0.2) is 0 Å². The Labute approximate surface area is 149 Å². The van der Waals surface area contributed by atoms with Crippen LogP contribution in [0.15, 0.2) is 47.6 Å². The lowest BCUT2D eigenvalue weighted by atomic mass is 10.2. The molecular weight excluding hydrogens is 346 g/mol. The second-order valence-electron chi connectivity index (χ2n) is 5.01. The van der Waals surface area contributed by atoms with Crippen LogP contribution in [0, 0.1) is 10.1 Å². The molecule has 0 heterocycles. The molecule has 0 spiro atoms. The maximum atomic E-state index is 12.2. The van der Waals surface area contributed by atoms with Gasteiger partial charge < -0.3 is 4.74 Å². The Balaban J connectivity index is 2.09. The molecule has 2 rings (SSSR count). The van der Waals surface area contributed by atoms with Crippen LogP contribution in [0.5, 0.6) is 5.75 Å². The highest BCUT2D eigenvalue weighted by molar-refractivity contribution is 6.32. The number of hydrogen-bond acceptors (Lipinski definition) is 5. The number of hydrogen-bond donors (Lipinski definition) is 1. The highest BCUT2D eigenvalue weighted by atomic mass is 35.5. The molecule has 0 aromatic heterocycles. The van der Waals surface area contributed by atoms with Gasteiger partial charge in [-0.15, -0.1) is 0 Å². The van der Waals surface area contributed by atoms with Crippen LogP contribution in [0.4, 0.5) is 5.69 Å². The first-order valence-electron chi connectivity index (χ1n) is 7.52. The van der Waals surface area contributed by atoms with Gasteiger partial charge in [-0.2, -0.15) is 5.10 Å². The zero-order valence-electron chi connectivity index (χ0n) is 13.4. The molecule has 130 valence electrons. The molecule has 0 aliphatic heterocycles. The topological polar surface area (TPSA) is 93.8 Å². The molecule has 0 atom stereocenters. The summed E-state index contributed by atoms with van der Waals surface area (Å²) >= 11 is 5.74. The van der Waals surface area contributed by atoms with Crippen molar-refractivity contribution in [3.8, 4) is 5.75 Å². The molecule has 1 amide bonds. The number of halogens is 1. The van der Waals surface area contributed by atoms with Crippen LogP contribution in [-0.2, 0) is 0 Å². The largest absolute Gasteiger partial charge is 0.493 e. The summed E-state index contributed by atoms with van der Waals surface area (Å²) in [7, 11) is 0. The number of nitrogens with one attached hydrogen (secondary N) is 1. The number of nitro groups is 1. The van der Waals surface area contributed by atoms with Crippen molar-refractivity contribution in [2.45, 2.75) is 13.3 Å². The van der Waals surface area contributed by atoms with Crippen molar-refractivity contribution in [2.24, 2.45) is 5.10 Å². The molecule has 1 N–H and O–H groups in total. The molecule has 2 aromatic rings. The molecule has 0 aliphatic rings. The summed E-state index contributed by atoms with van der Waals surface area (Å²) in [5, 5.41) is 14.7. The van der Waals surface area contributed by atoms with Gasteiger partial charge in [0.05, 0.1) is 23.3 Å². The molecule has 0 unspecified atom stereocenters. The predicted octanol–water partition coefficient (Wildman–Crippen LogP) is 3.80. The first kappa shape index (κ1) is 18.4. The van der Waals surface area contributed by atoms with Crippen molar-refractivity contribution >= 4 is 29.4 Å². The number of nitrogens with zero attached hydrogens (tertiary/aromatic N) is 2. The van der Waals surface area contributed by atoms with Crippen molar-refractivity contribution in [3.05, 3.63) is 68.7 Å². The lowest BCUT2D eigenvalue weighted by Gasteiger charge is -2.09. The first-order chi connectivity index (χ1) is 12.0. The number of para-hydroxylation sites is 1. The predicted molar refractivity (Wildman–Crippen MR) is 95.4 cm³/mol. The fourth-order valence-corrected chi connectivity index (χ4v) is 2.15. The average molecular weight is 362 g/mol. The van der Waals surface area contributed by atoms with E-state index < -0.39 is 10.8 Å². The highest BCUT2D eigenvalue weighted by Crippen LogP contribution is 2.24. The van der Waals surface area contributed by atoms with Crippen molar-refractivity contribution in [1.82, 2.24) is 5.43 Å². The van der Waals surface area contributed by atoms with E-state index in [-0.39, 0.29) is 10.7 Å². The van der Waals surface area contributed by atoms with E-state index in [1.807, 2.05) is 6.92 Å². The minimum atomic E-state index is -0.584. The number of amides is 1. The van der Waals surface area contributed by atoms with Crippen LogP contribution in [0.3, 0.4) is 0 Å². The van der Waals surface area contributed by atoms with Gasteiger partial charge in [-0.1, -0.05) is 36.7 Å². The van der Waals surface area contributed by atoms with Gasteiger partial charge in [0.1, 0.15) is 10.8 Å². The number of hydrazone groups is 1. The molecule has 25 heavy (non-hydrogen) atoms.